The summed E-state index contributed by atoms with van der Waals surface area (Å²) in [7, 11) is 0. The van der Waals surface area contributed by atoms with Crippen molar-refractivity contribution in [2.24, 2.45) is 5.73 Å². The van der Waals surface area contributed by atoms with Crippen LogP contribution < -0.4 is 5.73 Å². The van der Waals surface area contributed by atoms with Gasteiger partial charge in [0.2, 0.25) is 0 Å². The minimum atomic E-state index is -1.14. The number of benzene rings is 1. The van der Waals surface area contributed by atoms with Gasteiger partial charge < -0.3 is 20.7 Å². The van der Waals surface area contributed by atoms with Gasteiger partial charge in [-0.3, -0.25) is 0 Å². The lowest BCUT2D eigenvalue weighted by Gasteiger charge is -2.32. The van der Waals surface area contributed by atoms with E-state index in [0.717, 1.165) is 11.8 Å². The first kappa shape index (κ1) is 15.8. The lowest BCUT2D eigenvalue weighted by atomic mass is 9.93. The molecule has 3 rings (SSSR count). The van der Waals surface area contributed by atoms with Gasteiger partial charge in [0.15, 0.2) is 0 Å². The molecule has 0 spiro atoms. The molecule has 0 bridgehead atoms. The molecule has 0 unspecified atom stereocenters. The van der Waals surface area contributed by atoms with Gasteiger partial charge in [-0.15, -0.1) is 0 Å². The Morgan fingerprint density at radius 2 is 2.09 bits per heavy atom. The number of pyridine rings is 1. The maximum Gasteiger partial charge on any atom is 0.141 e. The minimum absolute atomic E-state index is 0.0204. The molecule has 0 aliphatic carbocycles. The first-order valence-corrected chi connectivity index (χ1v) is 7.63. The number of nitrogens with two attached hydrogens (primary N) is 1. The van der Waals surface area contributed by atoms with E-state index in [2.05, 4.69) is 4.98 Å². The molecule has 6 heteroatoms. The lowest BCUT2D eigenvalue weighted by molar-refractivity contribution is -0.111. The molecule has 0 radical (unpaired) electrons. The van der Waals surface area contributed by atoms with Crippen molar-refractivity contribution in [3.63, 3.8) is 0 Å². The van der Waals surface area contributed by atoms with Crippen molar-refractivity contribution < 1.29 is 14.9 Å². The highest BCUT2D eigenvalue weighted by Crippen LogP contribution is 2.29. The van der Waals surface area contributed by atoms with E-state index in [1.807, 2.05) is 12.1 Å². The molecule has 23 heavy (non-hydrogen) atoms. The minimum Gasteiger partial charge on any atom is -0.387 e. The smallest absolute Gasteiger partial charge is 0.141 e. The topological polar surface area (TPSA) is 112 Å². The van der Waals surface area contributed by atoms with Crippen LogP contribution in [0.4, 0.5) is 0 Å². The maximum atomic E-state index is 10.6. The van der Waals surface area contributed by atoms with Gasteiger partial charge in [0.05, 0.1) is 18.2 Å². The summed E-state index contributed by atoms with van der Waals surface area (Å²) in [4.78, 5) is 4.26. The maximum absolute atomic E-state index is 10.6. The fraction of sp³-hybridized carbons (Fsp3) is 0.412. The average molecular weight is 313 g/mol. The first-order chi connectivity index (χ1) is 11.1. The predicted octanol–water partition coefficient (Wildman–Crippen LogP) is 1.01. The van der Waals surface area contributed by atoms with Crippen molar-refractivity contribution in [2.75, 3.05) is 6.61 Å². The zero-order valence-corrected chi connectivity index (χ0v) is 12.6. The third kappa shape index (κ3) is 3.19. The number of aliphatic hydroxyl groups excluding tert-OH is 2. The number of para-hydroxylation sites is 1. The molecule has 1 fully saturated rings. The van der Waals surface area contributed by atoms with E-state index < -0.39 is 18.3 Å². The van der Waals surface area contributed by atoms with Gasteiger partial charge in [-0.2, -0.15) is 5.26 Å². The van der Waals surface area contributed by atoms with Crippen LogP contribution >= 0.6 is 0 Å². The number of aromatic nitrogens is 1. The molecular weight excluding hydrogens is 294 g/mol. The Balaban J connectivity index is 1.91. The van der Waals surface area contributed by atoms with Crippen LogP contribution in [0.2, 0.25) is 0 Å². The van der Waals surface area contributed by atoms with Crippen molar-refractivity contribution in [2.45, 2.75) is 37.2 Å². The van der Waals surface area contributed by atoms with Crippen LogP contribution in [0.3, 0.4) is 0 Å². The predicted molar refractivity (Wildman–Crippen MR) is 84.4 cm³/mol. The van der Waals surface area contributed by atoms with Crippen LogP contribution in [-0.2, 0) is 4.74 Å². The number of fused-ring (bicyclic) bond motifs is 1. The van der Waals surface area contributed by atoms with Crippen LogP contribution in [0.15, 0.2) is 30.3 Å². The molecule has 0 saturated carbocycles. The summed E-state index contributed by atoms with van der Waals surface area (Å²) < 4.78 is 5.54. The van der Waals surface area contributed by atoms with Crippen molar-refractivity contribution in [3.05, 3.63) is 41.6 Å². The zero-order valence-electron chi connectivity index (χ0n) is 12.6. The van der Waals surface area contributed by atoms with Gasteiger partial charge in [0.25, 0.3) is 0 Å². The highest BCUT2D eigenvalue weighted by molar-refractivity contribution is 5.82. The molecule has 6 nitrogen and oxygen atoms in total. The number of nitriles is 1. The Morgan fingerprint density at radius 1 is 1.26 bits per heavy atom. The Bertz CT molecular complexity index is 735. The summed E-state index contributed by atoms with van der Waals surface area (Å²) in [6.07, 6.45) is -1.32. The number of nitrogens with zero attached hydrogens (tertiary/aromatic N) is 2. The van der Waals surface area contributed by atoms with Crippen molar-refractivity contribution >= 4 is 10.9 Å². The van der Waals surface area contributed by atoms with E-state index in [1.165, 1.54) is 0 Å². The second-order valence-corrected chi connectivity index (χ2v) is 5.87. The standard InChI is InChI=1S/C17H19N3O3/c18-8-12-6-4-10-2-1-3-13(15(10)20-12)16(21)17(22)14-7-5-11(19)9-23-14/h1-4,6,11,14,16-17,21-22H,5,7,9,19H2/t11-,14+,16-,17+/m1/s1. The van der Waals surface area contributed by atoms with Gasteiger partial charge in [0, 0.05) is 17.0 Å². The second-order valence-electron chi connectivity index (χ2n) is 5.87. The zero-order chi connectivity index (χ0) is 16.4. The molecule has 2 aromatic rings. The summed E-state index contributed by atoms with van der Waals surface area (Å²) in [6.45, 7) is 0.376. The Morgan fingerprint density at radius 3 is 2.78 bits per heavy atom. The van der Waals surface area contributed by atoms with Crippen molar-refractivity contribution in [3.8, 4) is 6.07 Å². The van der Waals surface area contributed by atoms with E-state index in [0.29, 0.717) is 24.1 Å². The Labute approximate surface area is 134 Å². The monoisotopic (exact) mass is 313 g/mol. The normalized spacial score (nSPS) is 24.1. The van der Waals surface area contributed by atoms with Crippen molar-refractivity contribution in [1.29, 1.82) is 5.26 Å². The SMILES string of the molecule is N#Cc1ccc2cccc([C@@H](O)[C@@H](O)[C@@H]3CC[C@@H](N)CO3)c2n1. The van der Waals surface area contributed by atoms with Gasteiger partial charge in [-0.1, -0.05) is 18.2 Å². The average Bonchev–Trinajstić information content (AvgIpc) is 2.60. The molecule has 4 N–H and O–H groups in total. The molecule has 1 aromatic carbocycles. The fourth-order valence-electron chi connectivity index (χ4n) is 2.92. The molecule has 4 atom stereocenters. The molecule has 0 amide bonds. The number of hydrogen-bond donors (Lipinski definition) is 3. The van der Waals surface area contributed by atoms with Gasteiger partial charge in [-0.25, -0.2) is 4.98 Å². The van der Waals surface area contributed by atoms with Crippen LogP contribution in [0.1, 0.15) is 30.2 Å². The van der Waals surface area contributed by atoms with Crippen molar-refractivity contribution in [1.82, 2.24) is 4.98 Å². The Kier molecular flexibility index (Phi) is 4.55. The molecule has 1 aromatic heterocycles. The molecular formula is C17H19N3O3. The number of aliphatic hydroxyl groups is 2. The molecule has 120 valence electrons. The summed E-state index contributed by atoms with van der Waals surface area (Å²) in [5.74, 6) is 0. The van der Waals surface area contributed by atoms with E-state index in [1.54, 1.807) is 24.3 Å². The summed E-state index contributed by atoms with van der Waals surface area (Å²) in [6, 6.07) is 10.7. The Hall–Kier alpha value is -2.04. The van der Waals surface area contributed by atoms with Gasteiger partial charge in [-0.05, 0) is 25.0 Å². The first-order valence-electron chi connectivity index (χ1n) is 7.63. The van der Waals surface area contributed by atoms with Crippen LogP contribution in [0.25, 0.3) is 10.9 Å². The van der Waals surface area contributed by atoms with E-state index in [-0.39, 0.29) is 11.7 Å². The third-order valence-electron chi connectivity index (χ3n) is 4.24. The van der Waals surface area contributed by atoms with E-state index >= 15 is 0 Å². The van der Waals surface area contributed by atoms with Crippen LogP contribution in [0, 0.1) is 11.3 Å². The van der Waals surface area contributed by atoms with Gasteiger partial charge >= 0.3 is 0 Å². The quantitative estimate of drug-likeness (QED) is 0.779. The fourth-order valence-corrected chi connectivity index (χ4v) is 2.92. The van der Waals surface area contributed by atoms with Crippen LogP contribution in [-0.4, -0.2) is 40.1 Å². The molecule has 1 saturated heterocycles. The van der Waals surface area contributed by atoms with Gasteiger partial charge in [0.1, 0.15) is 24.0 Å². The summed E-state index contributed by atoms with van der Waals surface area (Å²) >= 11 is 0. The van der Waals surface area contributed by atoms with E-state index in [9.17, 15) is 10.2 Å². The largest absolute Gasteiger partial charge is 0.387 e. The van der Waals surface area contributed by atoms with Crippen LogP contribution in [0.5, 0.6) is 0 Å². The van der Waals surface area contributed by atoms with E-state index in [4.69, 9.17) is 15.7 Å². The number of rotatable bonds is 3. The highest BCUT2D eigenvalue weighted by Gasteiger charge is 2.32. The second kappa shape index (κ2) is 6.60. The lowest BCUT2D eigenvalue weighted by Crippen LogP contribution is -2.43. The number of ether oxygens (including phenoxy) is 1. The molecule has 1 aliphatic rings. The molecule has 2 heterocycles. The third-order valence-corrected chi connectivity index (χ3v) is 4.24. The number of hydrogen-bond acceptors (Lipinski definition) is 6. The summed E-state index contributed by atoms with van der Waals surface area (Å²) in [5.41, 5.74) is 7.06. The highest BCUT2D eigenvalue weighted by atomic mass is 16.5. The molecule has 1 aliphatic heterocycles. The summed E-state index contributed by atoms with van der Waals surface area (Å²) in [5, 5.41) is 30.9.